The second-order valence-electron chi connectivity index (χ2n) is 7.16. The number of likely N-dealkylation sites (tertiary alicyclic amines) is 1. The zero-order valence-corrected chi connectivity index (χ0v) is 15.4. The first-order valence-electron chi connectivity index (χ1n) is 9.61. The van der Waals surface area contributed by atoms with Crippen LogP contribution in [0.15, 0.2) is 36.5 Å². The third kappa shape index (κ3) is 4.03. The first kappa shape index (κ1) is 17.7. The van der Waals surface area contributed by atoms with E-state index in [9.17, 15) is 9.59 Å². The van der Waals surface area contributed by atoms with Crippen molar-refractivity contribution in [3.63, 3.8) is 0 Å². The fraction of sp³-hybridized carbons (Fsp3) is 0.450. The molecule has 1 aromatic heterocycles. The predicted molar refractivity (Wildman–Crippen MR) is 101 cm³/mol. The van der Waals surface area contributed by atoms with Crippen LogP contribution in [0.1, 0.15) is 39.5 Å². The highest BCUT2D eigenvalue weighted by molar-refractivity contribution is 5.96. The number of nitrogens with zero attached hydrogens (tertiary/aromatic N) is 4. The van der Waals surface area contributed by atoms with Gasteiger partial charge in [-0.05, 0) is 31.5 Å². The Kier molecular flexibility index (Phi) is 5.20. The average Bonchev–Trinajstić information content (AvgIpc) is 3.35. The van der Waals surface area contributed by atoms with Crippen molar-refractivity contribution in [2.45, 2.75) is 25.9 Å². The van der Waals surface area contributed by atoms with Crippen LogP contribution in [0.5, 0.6) is 0 Å². The molecule has 0 bridgehead atoms. The number of benzene rings is 1. The molecule has 0 atom stereocenters. The number of hydrogen-bond acceptors (Lipinski definition) is 4. The number of rotatable bonds is 6. The Labute approximate surface area is 159 Å². The maximum Gasteiger partial charge on any atom is 0.290 e. The molecule has 1 saturated heterocycles. The van der Waals surface area contributed by atoms with E-state index in [0.717, 1.165) is 25.2 Å². The average molecular weight is 367 g/mol. The number of nitrogens with one attached hydrogen (secondary N) is 1. The van der Waals surface area contributed by atoms with Gasteiger partial charge in [-0.15, -0.1) is 0 Å². The van der Waals surface area contributed by atoms with E-state index in [2.05, 4.69) is 15.2 Å². The first-order valence-corrected chi connectivity index (χ1v) is 9.61. The largest absolute Gasteiger partial charge is 0.349 e. The van der Waals surface area contributed by atoms with Gasteiger partial charge in [0.25, 0.3) is 11.8 Å². The second-order valence-corrected chi connectivity index (χ2v) is 7.16. The Morgan fingerprint density at radius 2 is 1.85 bits per heavy atom. The van der Waals surface area contributed by atoms with E-state index in [1.54, 1.807) is 15.7 Å². The molecule has 2 amide bonds. The summed E-state index contributed by atoms with van der Waals surface area (Å²) in [6.07, 6.45) is 4.17. The van der Waals surface area contributed by atoms with Crippen molar-refractivity contribution in [3.05, 3.63) is 53.6 Å². The van der Waals surface area contributed by atoms with Crippen LogP contribution in [0.3, 0.4) is 0 Å². The number of hydrogen-bond donors (Lipinski definition) is 1. The highest BCUT2D eigenvalue weighted by Gasteiger charge is 2.28. The summed E-state index contributed by atoms with van der Waals surface area (Å²) in [6.45, 7) is 5.53. The van der Waals surface area contributed by atoms with Gasteiger partial charge in [-0.25, -0.2) is 4.98 Å². The lowest BCUT2D eigenvalue weighted by Crippen LogP contribution is -2.39. The maximum absolute atomic E-state index is 12.7. The van der Waals surface area contributed by atoms with Crippen molar-refractivity contribution in [1.82, 2.24) is 24.7 Å². The number of carbonyl (C=O) groups excluding carboxylic acids is 2. The molecule has 2 aromatic rings. The summed E-state index contributed by atoms with van der Waals surface area (Å²) in [4.78, 5) is 33.6. The third-order valence-corrected chi connectivity index (χ3v) is 5.23. The van der Waals surface area contributed by atoms with E-state index in [1.807, 2.05) is 30.3 Å². The minimum Gasteiger partial charge on any atom is -0.349 e. The van der Waals surface area contributed by atoms with Crippen molar-refractivity contribution in [2.75, 3.05) is 32.7 Å². The lowest BCUT2D eigenvalue weighted by molar-refractivity contribution is 0.0683. The maximum atomic E-state index is 12.7. The van der Waals surface area contributed by atoms with Gasteiger partial charge >= 0.3 is 0 Å². The Hall–Kier alpha value is -2.67. The van der Waals surface area contributed by atoms with Crippen molar-refractivity contribution in [2.24, 2.45) is 0 Å². The van der Waals surface area contributed by atoms with Crippen LogP contribution < -0.4 is 5.32 Å². The number of aromatic nitrogens is 2. The minimum atomic E-state index is -0.210. The quantitative estimate of drug-likeness (QED) is 0.837. The summed E-state index contributed by atoms with van der Waals surface area (Å²) in [5.41, 5.74) is 1.41. The first-order chi connectivity index (χ1) is 13.2. The van der Waals surface area contributed by atoms with Crippen LogP contribution in [-0.2, 0) is 13.1 Å². The lowest BCUT2D eigenvalue weighted by atomic mass is 10.2. The zero-order valence-electron chi connectivity index (χ0n) is 15.4. The smallest absolute Gasteiger partial charge is 0.290 e. The molecule has 27 heavy (non-hydrogen) atoms. The van der Waals surface area contributed by atoms with Crippen LogP contribution in [-0.4, -0.2) is 63.9 Å². The van der Waals surface area contributed by atoms with E-state index in [0.29, 0.717) is 37.7 Å². The molecule has 2 aliphatic heterocycles. The number of carbonyl (C=O) groups is 2. The lowest BCUT2D eigenvalue weighted by Gasteiger charge is -2.27. The summed E-state index contributed by atoms with van der Waals surface area (Å²) < 4.78 is 1.79. The predicted octanol–water partition coefficient (Wildman–Crippen LogP) is 1.36. The van der Waals surface area contributed by atoms with E-state index < -0.39 is 0 Å². The van der Waals surface area contributed by atoms with Crippen molar-refractivity contribution in [3.8, 4) is 0 Å². The molecular weight excluding hydrogens is 342 g/mol. The number of imidazole rings is 1. The van der Waals surface area contributed by atoms with Gasteiger partial charge in [-0.2, -0.15) is 0 Å². The summed E-state index contributed by atoms with van der Waals surface area (Å²) in [6, 6.07) is 9.91. The van der Waals surface area contributed by atoms with Gasteiger partial charge in [0.15, 0.2) is 5.82 Å². The zero-order chi connectivity index (χ0) is 18.6. The molecule has 1 fully saturated rings. The monoisotopic (exact) mass is 367 g/mol. The SMILES string of the molecule is O=C(NCCN1CCCC1)c1cn2c(n1)C(=O)N(Cc1ccccc1)CC2. The van der Waals surface area contributed by atoms with Crippen molar-refractivity contribution in [1.29, 1.82) is 0 Å². The molecule has 4 rings (SSSR count). The summed E-state index contributed by atoms with van der Waals surface area (Å²) in [5.74, 6) is 0.0154. The Morgan fingerprint density at radius 1 is 1.07 bits per heavy atom. The van der Waals surface area contributed by atoms with Crippen LogP contribution in [0, 0.1) is 0 Å². The fourth-order valence-electron chi connectivity index (χ4n) is 3.72. The molecule has 1 N–H and O–H groups in total. The fourth-order valence-corrected chi connectivity index (χ4v) is 3.72. The molecule has 0 aliphatic carbocycles. The Bertz CT molecular complexity index is 811. The van der Waals surface area contributed by atoms with E-state index >= 15 is 0 Å². The molecule has 0 unspecified atom stereocenters. The van der Waals surface area contributed by atoms with Crippen molar-refractivity contribution < 1.29 is 9.59 Å². The standard InChI is InChI=1S/C20H25N5O2/c26-19(21-8-11-23-9-4-5-10-23)17-15-24-12-13-25(20(27)18(24)22-17)14-16-6-2-1-3-7-16/h1-3,6-7,15H,4-5,8-14H2,(H,21,26). The highest BCUT2D eigenvalue weighted by atomic mass is 16.2. The molecule has 0 radical (unpaired) electrons. The molecule has 142 valence electrons. The molecular formula is C20H25N5O2. The van der Waals surface area contributed by atoms with Crippen LogP contribution in [0.2, 0.25) is 0 Å². The van der Waals surface area contributed by atoms with Crippen LogP contribution >= 0.6 is 0 Å². The second kappa shape index (κ2) is 7.92. The van der Waals surface area contributed by atoms with E-state index in [1.165, 1.54) is 12.8 Å². The summed E-state index contributed by atoms with van der Waals surface area (Å²) in [5, 5.41) is 2.92. The third-order valence-electron chi connectivity index (χ3n) is 5.23. The molecule has 0 saturated carbocycles. The normalized spacial score (nSPS) is 17.2. The summed E-state index contributed by atoms with van der Waals surface area (Å²) >= 11 is 0. The van der Waals surface area contributed by atoms with E-state index in [-0.39, 0.29) is 11.8 Å². The molecule has 7 nitrogen and oxygen atoms in total. The molecule has 7 heteroatoms. The van der Waals surface area contributed by atoms with Crippen molar-refractivity contribution >= 4 is 11.8 Å². The van der Waals surface area contributed by atoms with Gasteiger partial charge in [-0.3, -0.25) is 9.59 Å². The summed E-state index contributed by atoms with van der Waals surface area (Å²) in [7, 11) is 0. The van der Waals surface area contributed by atoms with Crippen LogP contribution in [0.4, 0.5) is 0 Å². The van der Waals surface area contributed by atoms with Gasteiger partial charge in [0.2, 0.25) is 0 Å². The highest BCUT2D eigenvalue weighted by Crippen LogP contribution is 2.16. The van der Waals surface area contributed by atoms with Gasteiger partial charge in [0.1, 0.15) is 5.69 Å². The molecule has 0 spiro atoms. The Balaban J connectivity index is 1.37. The molecule has 1 aromatic carbocycles. The number of amides is 2. The Morgan fingerprint density at radius 3 is 2.63 bits per heavy atom. The van der Waals surface area contributed by atoms with Gasteiger partial charge in [0.05, 0.1) is 0 Å². The minimum absolute atomic E-state index is 0.124. The van der Waals surface area contributed by atoms with Crippen LogP contribution in [0.25, 0.3) is 0 Å². The molecule has 2 aliphatic rings. The van der Waals surface area contributed by atoms with E-state index in [4.69, 9.17) is 0 Å². The van der Waals surface area contributed by atoms with Gasteiger partial charge in [-0.1, -0.05) is 30.3 Å². The topological polar surface area (TPSA) is 70.5 Å². The number of fused-ring (bicyclic) bond motifs is 1. The van der Waals surface area contributed by atoms with Gasteiger partial charge < -0.3 is 19.7 Å². The molecule has 3 heterocycles. The van der Waals surface area contributed by atoms with Gasteiger partial charge in [0, 0.05) is 38.9 Å².